The van der Waals surface area contributed by atoms with Crippen molar-refractivity contribution in [3.8, 4) is 5.75 Å². The number of epoxide rings is 1. The van der Waals surface area contributed by atoms with Gasteiger partial charge in [-0.15, -0.1) is 6.58 Å². The van der Waals surface area contributed by atoms with Gasteiger partial charge in [0.1, 0.15) is 5.75 Å². The van der Waals surface area contributed by atoms with Crippen molar-refractivity contribution in [1.29, 1.82) is 0 Å². The molecule has 0 saturated carbocycles. The molecule has 1 aliphatic heterocycles. The van der Waals surface area contributed by atoms with E-state index in [9.17, 15) is 5.11 Å². The zero-order valence-electron chi connectivity index (χ0n) is 29.9. The number of aliphatic hydroxyl groups excluding tert-OH is 1. The first-order valence-corrected chi connectivity index (χ1v) is 21.9. The summed E-state index contributed by atoms with van der Waals surface area (Å²) in [5.41, 5.74) is 0.735. The third-order valence-electron chi connectivity index (χ3n) is 10.8. The smallest absolute Gasteiger partial charge is 0.192 e. The highest BCUT2D eigenvalue weighted by Gasteiger charge is 2.60. The molecule has 0 unspecified atom stereocenters. The van der Waals surface area contributed by atoms with Crippen LogP contribution in [0.3, 0.4) is 0 Å². The van der Waals surface area contributed by atoms with E-state index in [1.165, 1.54) is 0 Å². The Hall–Kier alpha value is -1.01. The van der Waals surface area contributed by atoms with Gasteiger partial charge in [-0.2, -0.15) is 0 Å². The molecule has 43 heavy (non-hydrogen) atoms. The second-order valence-corrected chi connectivity index (χ2v) is 25.7. The Labute approximate surface area is 266 Å². The maximum atomic E-state index is 12.0. The number of rotatable bonds is 17. The fourth-order valence-electron chi connectivity index (χ4n) is 5.09. The first-order chi connectivity index (χ1) is 19.6. The Morgan fingerprint density at radius 2 is 1.44 bits per heavy atom. The van der Waals surface area contributed by atoms with Gasteiger partial charge < -0.3 is 28.2 Å². The molecule has 1 fully saturated rings. The molecule has 1 aromatic carbocycles. The van der Waals surface area contributed by atoms with E-state index in [1.54, 1.807) is 7.11 Å². The largest absolute Gasteiger partial charge is 0.497 e. The van der Waals surface area contributed by atoms with E-state index >= 15 is 0 Å². The van der Waals surface area contributed by atoms with Crippen LogP contribution in [-0.4, -0.2) is 66.5 Å². The van der Waals surface area contributed by atoms with Crippen LogP contribution in [-0.2, 0) is 24.9 Å². The maximum Gasteiger partial charge on any atom is 0.192 e. The van der Waals surface area contributed by atoms with E-state index in [0.717, 1.165) is 11.3 Å². The third kappa shape index (κ3) is 9.74. The highest BCUT2D eigenvalue weighted by Crippen LogP contribution is 2.51. The molecule has 1 heterocycles. The second-order valence-electron chi connectivity index (χ2n) is 16.0. The second kappa shape index (κ2) is 14.6. The van der Waals surface area contributed by atoms with Crippen molar-refractivity contribution in [2.45, 2.75) is 123 Å². The highest BCUT2D eigenvalue weighted by atomic mass is 28.4. The molecule has 2 rings (SSSR count). The first kappa shape index (κ1) is 38.2. The minimum absolute atomic E-state index is 0.0478. The van der Waals surface area contributed by atoms with E-state index in [0.29, 0.717) is 26.4 Å². The van der Waals surface area contributed by atoms with E-state index in [-0.39, 0.29) is 45.5 Å². The first-order valence-electron chi connectivity index (χ1n) is 16.1. The summed E-state index contributed by atoms with van der Waals surface area (Å²) in [4.78, 5) is 0. The maximum absolute atomic E-state index is 12.0. The van der Waals surface area contributed by atoms with Crippen LogP contribution >= 0.6 is 0 Å². The molecule has 0 aliphatic carbocycles. The van der Waals surface area contributed by atoms with Gasteiger partial charge in [-0.25, -0.2) is 0 Å². The number of aliphatic hydroxyl groups is 1. The molecule has 1 aliphatic rings. The summed E-state index contributed by atoms with van der Waals surface area (Å²) < 4.78 is 31.2. The topological polar surface area (TPSA) is 69.7 Å². The molecule has 8 heteroatoms. The van der Waals surface area contributed by atoms with Crippen LogP contribution in [0.15, 0.2) is 36.9 Å². The summed E-state index contributed by atoms with van der Waals surface area (Å²) >= 11 is 0. The van der Waals surface area contributed by atoms with Crippen LogP contribution in [0, 0.1) is 23.7 Å². The lowest BCUT2D eigenvalue weighted by Gasteiger charge is -2.41. The molecule has 6 nitrogen and oxygen atoms in total. The Balaban J connectivity index is 2.16. The standard InChI is InChI=1S/C35H64O6Si2/c1-16-28(23-39-42(12,13)33(4,5)6)31(36)30(24-40-43(14,15)34(7,8)9)26(3)35(10)32(41-35)25(2)21-38-22-27-17-19-29(37-11)20-18-27/h16-20,25-26,28,30-32,36H,1,21-24H2,2-15H3/t25-,26-,28-,30+,31+,32+,35+/m0/s1. The summed E-state index contributed by atoms with van der Waals surface area (Å²) in [5, 5.41) is 12.1. The number of hydrogen-bond donors (Lipinski definition) is 1. The Morgan fingerprint density at radius 1 is 0.930 bits per heavy atom. The molecule has 7 atom stereocenters. The van der Waals surface area contributed by atoms with Gasteiger partial charge in [0.05, 0.1) is 38.1 Å². The number of hydrogen-bond acceptors (Lipinski definition) is 6. The van der Waals surface area contributed by atoms with Gasteiger partial charge in [0.25, 0.3) is 0 Å². The third-order valence-corrected chi connectivity index (χ3v) is 19.8. The molecule has 0 bridgehead atoms. The Morgan fingerprint density at radius 3 is 1.91 bits per heavy atom. The average Bonchev–Trinajstić information content (AvgIpc) is 3.60. The van der Waals surface area contributed by atoms with E-state index in [2.05, 4.69) is 95.1 Å². The van der Waals surface area contributed by atoms with Gasteiger partial charge in [0.2, 0.25) is 0 Å². The van der Waals surface area contributed by atoms with Crippen molar-refractivity contribution in [2.24, 2.45) is 23.7 Å². The Bertz CT molecular complexity index is 1010. The van der Waals surface area contributed by atoms with E-state index in [4.69, 9.17) is 23.1 Å². The monoisotopic (exact) mass is 636 g/mol. The summed E-state index contributed by atoms with van der Waals surface area (Å²) in [7, 11) is -2.36. The zero-order chi connectivity index (χ0) is 33.0. The fraction of sp³-hybridized carbons (Fsp3) is 0.771. The molecule has 1 N–H and O–H groups in total. The summed E-state index contributed by atoms with van der Waals surface area (Å²) in [6, 6.07) is 7.97. The Kier molecular flexibility index (Phi) is 13.0. The van der Waals surface area contributed by atoms with Gasteiger partial charge in [-0.1, -0.05) is 73.6 Å². The summed E-state index contributed by atoms with van der Waals surface area (Å²) in [5.74, 6) is 0.768. The summed E-state index contributed by atoms with van der Waals surface area (Å²) in [6.45, 7) is 35.3. The van der Waals surface area contributed by atoms with Crippen molar-refractivity contribution in [2.75, 3.05) is 26.9 Å². The van der Waals surface area contributed by atoms with Crippen molar-refractivity contribution in [3.63, 3.8) is 0 Å². The van der Waals surface area contributed by atoms with Gasteiger partial charge in [0.15, 0.2) is 16.6 Å². The van der Waals surface area contributed by atoms with E-state index in [1.807, 2.05) is 30.3 Å². The minimum Gasteiger partial charge on any atom is -0.497 e. The fourth-order valence-corrected chi connectivity index (χ4v) is 7.17. The predicted molar refractivity (Wildman–Crippen MR) is 184 cm³/mol. The van der Waals surface area contributed by atoms with Crippen LogP contribution in [0.4, 0.5) is 0 Å². The minimum atomic E-state index is -2.04. The molecular weight excluding hydrogens is 573 g/mol. The lowest BCUT2D eigenvalue weighted by Crippen LogP contribution is -2.48. The lowest BCUT2D eigenvalue weighted by atomic mass is 9.75. The molecule has 0 aromatic heterocycles. The van der Waals surface area contributed by atoms with Gasteiger partial charge >= 0.3 is 0 Å². The van der Waals surface area contributed by atoms with E-state index < -0.39 is 22.7 Å². The van der Waals surface area contributed by atoms with Gasteiger partial charge in [-0.05, 0) is 66.8 Å². The molecule has 0 amide bonds. The zero-order valence-corrected chi connectivity index (χ0v) is 31.9. The highest BCUT2D eigenvalue weighted by molar-refractivity contribution is 6.74. The van der Waals surface area contributed by atoms with Crippen molar-refractivity contribution in [1.82, 2.24) is 0 Å². The van der Waals surface area contributed by atoms with Crippen LogP contribution in [0.2, 0.25) is 36.3 Å². The normalized spacial score (nSPS) is 23.3. The quantitative estimate of drug-likeness (QED) is 0.105. The van der Waals surface area contributed by atoms with Crippen molar-refractivity contribution in [3.05, 3.63) is 42.5 Å². The van der Waals surface area contributed by atoms with Crippen molar-refractivity contribution >= 4 is 16.6 Å². The lowest BCUT2D eigenvalue weighted by molar-refractivity contribution is -0.0162. The number of ether oxygens (including phenoxy) is 3. The van der Waals surface area contributed by atoms with Gasteiger partial charge in [-0.3, -0.25) is 0 Å². The SMILES string of the molecule is C=C[C@@H](CO[Si](C)(C)C(C)(C)C)[C@@H](O)[C@H](CO[Si](C)(C)C(C)(C)C)[C@H](C)[C@@]1(C)O[C@@H]1[C@@H](C)COCc1ccc(OC)cc1. The average molecular weight is 637 g/mol. The molecule has 1 aromatic rings. The van der Waals surface area contributed by atoms with Gasteiger partial charge in [0, 0.05) is 31.0 Å². The summed E-state index contributed by atoms with van der Waals surface area (Å²) in [6.07, 6.45) is 1.25. The molecular formula is C35H64O6Si2. The number of benzene rings is 1. The molecule has 248 valence electrons. The van der Waals surface area contributed by atoms with Crippen LogP contribution in [0.5, 0.6) is 5.75 Å². The number of methoxy groups -OCH3 is 1. The predicted octanol–water partition coefficient (Wildman–Crippen LogP) is 8.46. The van der Waals surface area contributed by atoms with Crippen LogP contribution in [0.1, 0.15) is 67.9 Å². The molecule has 1 saturated heterocycles. The molecule has 0 spiro atoms. The van der Waals surface area contributed by atoms with Crippen molar-refractivity contribution < 1.29 is 28.2 Å². The van der Waals surface area contributed by atoms with Crippen LogP contribution in [0.25, 0.3) is 0 Å². The molecule has 0 radical (unpaired) electrons. The van der Waals surface area contributed by atoms with Crippen LogP contribution < -0.4 is 4.74 Å².